The Balaban J connectivity index is 2.14. The highest BCUT2D eigenvalue weighted by molar-refractivity contribution is 7.92. The van der Waals surface area contributed by atoms with Crippen LogP contribution in [0.5, 0.6) is 5.75 Å². The Labute approximate surface area is 170 Å². The Morgan fingerprint density at radius 2 is 1.59 bits per heavy atom. The molecule has 0 atom stereocenters. The second-order valence-corrected chi connectivity index (χ2v) is 10.1. The normalized spacial score (nSPS) is 12.0. The lowest BCUT2D eigenvalue weighted by molar-refractivity contribution is 0.415. The number of anilines is 1. The van der Waals surface area contributed by atoms with Gasteiger partial charge in [0.05, 0.1) is 34.0 Å². The largest absolute Gasteiger partial charge is 0.495 e. The van der Waals surface area contributed by atoms with Crippen molar-refractivity contribution in [2.45, 2.75) is 23.6 Å². The predicted octanol–water partition coefficient (Wildman–Crippen LogP) is 2.57. The third-order valence-corrected chi connectivity index (χ3v) is 7.85. The monoisotopic (exact) mass is 435 g/mol. The Kier molecular flexibility index (Phi) is 5.42. The van der Waals surface area contributed by atoms with Gasteiger partial charge in [-0.2, -0.15) is 17.6 Å². The highest BCUT2D eigenvalue weighted by atomic mass is 32.2. The van der Waals surface area contributed by atoms with Gasteiger partial charge in [-0.15, -0.1) is 0 Å². The first kappa shape index (κ1) is 20.9. The number of nitrogens with zero attached hydrogens (tertiary/aromatic N) is 3. The lowest BCUT2D eigenvalue weighted by atomic mass is 10.3. The van der Waals surface area contributed by atoms with Crippen LogP contribution in [0.15, 0.2) is 64.4 Å². The van der Waals surface area contributed by atoms with E-state index in [1.54, 1.807) is 38.1 Å². The van der Waals surface area contributed by atoms with Crippen molar-refractivity contribution in [1.29, 1.82) is 0 Å². The Hall–Kier alpha value is -2.85. The maximum atomic E-state index is 13.1. The molecule has 0 radical (unpaired) electrons. The molecule has 0 unspecified atom stereocenters. The first-order valence-corrected chi connectivity index (χ1v) is 11.5. The van der Waals surface area contributed by atoms with Gasteiger partial charge in [-0.05, 0) is 50.2 Å². The van der Waals surface area contributed by atoms with Crippen LogP contribution >= 0.6 is 0 Å². The number of hydrogen-bond acceptors (Lipinski definition) is 6. The van der Waals surface area contributed by atoms with Crippen molar-refractivity contribution < 1.29 is 21.6 Å². The Morgan fingerprint density at radius 3 is 2.14 bits per heavy atom. The summed E-state index contributed by atoms with van der Waals surface area (Å²) in [7, 11) is -5.20. The Morgan fingerprint density at radius 1 is 0.931 bits per heavy atom. The molecule has 0 saturated heterocycles. The van der Waals surface area contributed by atoms with E-state index in [1.807, 2.05) is 0 Å². The molecule has 0 bridgehead atoms. The summed E-state index contributed by atoms with van der Waals surface area (Å²) in [6, 6.07) is 13.6. The van der Waals surface area contributed by atoms with Gasteiger partial charge in [0.25, 0.3) is 20.0 Å². The number of rotatable bonds is 6. The van der Waals surface area contributed by atoms with Crippen LogP contribution in [0.4, 0.5) is 5.69 Å². The predicted molar refractivity (Wildman–Crippen MR) is 109 cm³/mol. The molecule has 1 aromatic heterocycles. The van der Waals surface area contributed by atoms with Crippen molar-refractivity contribution in [3.63, 3.8) is 0 Å². The van der Waals surface area contributed by atoms with Crippen molar-refractivity contribution in [2.24, 2.45) is 0 Å². The SMILES string of the molecule is COc1ccc(S(=O)(=O)n2nc(C)cc2C)cc1N(C)S(=O)(=O)c1ccccc1. The fourth-order valence-corrected chi connectivity index (χ4v) is 5.50. The van der Waals surface area contributed by atoms with Crippen LogP contribution in [0.2, 0.25) is 0 Å². The fourth-order valence-electron chi connectivity index (χ4n) is 2.91. The minimum absolute atomic E-state index is 0.0800. The summed E-state index contributed by atoms with van der Waals surface area (Å²) in [5, 5.41) is 4.04. The van der Waals surface area contributed by atoms with Gasteiger partial charge in [-0.1, -0.05) is 18.2 Å². The zero-order valence-electron chi connectivity index (χ0n) is 16.4. The van der Waals surface area contributed by atoms with Crippen LogP contribution in [0.25, 0.3) is 0 Å². The van der Waals surface area contributed by atoms with Crippen molar-refractivity contribution in [3.8, 4) is 5.75 Å². The molecule has 29 heavy (non-hydrogen) atoms. The van der Waals surface area contributed by atoms with Crippen LogP contribution < -0.4 is 9.04 Å². The molecule has 0 aliphatic heterocycles. The van der Waals surface area contributed by atoms with Crippen LogP contribution in [0.3, 0.4) is 0 Å². The Bertz CT molecular complexity index is 1250. The minimum atomic E-state index is -4.01. The van der Waals surface area contributed by atoms with E-state index in [9.17, 15) is 16.8 Å². The maximum absolute atomic E-state index is 13.1. The second-order valence-electron chi connectivity index (χ2n) is 6.39. The molecule has 0 aliphatic rings. The molecule has 0 fully saturated rings. The molecule has 2 aromatic carbocycles. The highest BCUT2D eigenvalue weighted by Crippen LogP contribution is 2.34. The van der Waals surface area contributed by atoms with Gasteiger partial charge in [0.2, 0.25) is 0 Å². The third kappa shape index (κ3) is 3.73. The number of hydrogen-bond donors (Lipinski definition) is 0. The summed E-state index contributed by atoms with van der Waals surface area (Å²) in [4.78, 5) is -0.0222. The summed E-state index contributed by atoms with van der Waals surface area (Å²) < 4.78 is 59.3. The van der Waals surface area contributed by atoms with Crippen molar-refractivity contribution >= 4 is 25.7 Å². The number of methoxy groups -OCH3 is 1. The van der Waals surface area contributed by atoms with Crippen LogP contribution in [-0.2, 0) is 20.0 Å². The lowest BCUT2D eigenvalue weighted by Gasteiger charge is -2.22. The molecule has 0 amide bonds. The molecule has 10 heteroatoms. The van der Waals surface area contributed by atoms with E-state index in [0.29, 0.717) is 11.4 Å². The molecule has 154 valence electrons. The molecule has 3 aromatic rings. The van der Waals surface area contributed by atoms with E-state index in [2.05, 4.69) is 5.10 Å². The minimum Gasteiger partial charge on any atom is -0.495 e. The first-order valence-electron chi connectivity index (χ1n) is 8.60. The summed E-state index contributed by atoms with van der Waals surface area (Å²) >= 11 is 0. The average Bonchev–Trinajstić information content (AvgIpc) is 3.06. The maximum Gasteiger partial charge on any atom is 0.283 e. The molecular formula is C19H21N3O5S2. The average molecular weight is 436 g/mol. The van der Waals surface area contributed by atoms with Crippen LogP contribution in [0.1, 0.15) is 11.4 Å². The van der Waals surface area contributed by atoms with E-state index in [4.69, 9.17) is 4.74 Å². The number of ether oxygens (including phenoxy) is 1. The van der Waals surface area contributed by atoms with Gasteiger partial charge < -0.3 is 4.74 Å². The zero-order valence-corrected chi connectivity index (χ0v) is 18.0. The van der Waals surface area contributed by atoms with Crippen LogP contribution in [-0.4, -0.2) is 40.2 Å². The summed E-state index contributed by atoms with van der Waals surface area (Å²) in [5.74, 6) is 0.222. The molecule has 0 spiro atoms. The quantitative estimate of drug-likeness (QED) is 0.590. The number of aromatic nitrogens is 2. The molecule has 8 nitrogen and oxygen atoms in total. The van der Waals surface area contributed by atoms with Gasteiger partial charge in [-0.3, -0.25) is 4.31 Å². The van der Waals surface area contributed by atoms with Gasteiger partial charge in [0.1, 0.15) is 5.75 Å². The third-order valence-electron chi connectivity index (χ3n) is 4.38. The molecule has 0 saturated carbocycles. The summed E-state index contributed by atoms with van der Waals surface area (Å²) in [6.45, 7) is 3.33. The smallest absolute Gasteiger partial charge is 0.283 e. The van der Waals surface area contributed by atoms with E-state index >= 15 is 0 Å². The van der Waals surface area contributed by atoms with Crippen molar-refractivity contribution in [1.82, 2.24) is 9.19 Å². The standard InChI is InChI=1S/C19H21N3O5S2/c1-14-12-15(2)22(20-14)29(25,26)17-10-11-19(27-4)18(13-17)21(3)28(23,24)16-8-6-5-7-9-16/h5-13H,1-4H3. The molecule has 1 heterocycles. The van der Waals surface area contributed by atoms with Gasteiger partial charge in [-0.25, -0.2) is 8.42 Å². The van der Waals surface area contributed by atoms with E-state index < -0.39 is 20.0 Å². The number of aryl methyl sites for hydroxylation is 2. The van der Waals surface area contributed by atoms with Gasteiger partial charge >= 0.3 is 0 Å². The van der Waals surface area contributed by atoms with E-state index in [1.165, 1.54) is 44.5 Å². The molecular weight excluding hydrogens is 414 g/mol. The topological polar surface area (TPSA) is 98.6 Å². The zero-order chi connectivity index (χ0) is 21.4. The van der Waals surface area contributed by atoms with Crippen LogP contribution in [0, 0.1) is 13.8 Å². The fraction of sp³-hybridized carbons (Fsp3) is 0.211. The van der Waals surface area contributed by atoms with Crippen molar-refractivity contribution in [3.05, 3.63) is 66.0 Å². The molecule has 0 N–H and O–H groups in total. The van der Waals surface area contributed by atoms with E-state index in [0.717, 1.165) is 8.39 Å². The van der Waals surface area contributed by atoms with Gasteiger partial charge in [0.15, 0.2) is 0 Å². The van der Waals surface area contributed by atoms with Gasteiger partial charge in [0, 0.05) is 7.05 Å². The molecule has 3 rings (SSSR count). The molecule has 0 aliphatic carbocycles. The highest BCUT2D eigenvalue weighted by Gasteiger charge is 2.27. The van der Waals surface area contributed by atoms with E-state index in [-0.39, 0.29) is 21.2 Å². The number of benzene rings is 2. The first-order chi connectivity index (χ1) is 13.6. The summed E-state index contributed by atoms with van der Waals surface area (Å²) in [5.41, 5.74) is 1.10. The second kappa shape index (κ2) is 7.53. The summed E-state index contributed by atoms with van der Waals surface area (Å²) in [6.07, 6.45) is 0. The van der Waals surface area contributed by atoms with Crippen molar-refractivity contribution in [2.75, 3.05) is 18.5 Å². The number of sulfonamides is 1. The lowest BCUT2D eigenvalue weighted by Crippen LogP contribution is -2.27.